The van der Waals surface area contributed by atoms with Crippen molar-refractivity contribution in [2.45, 2.75) is 6.92 Å². The van der Waals surface area contributed by atoms with Crippen LogP contribution in [0.5, 0.6) is 0 Å². The fraction of sp³-hybridized carbons (Fsp3) is 0.333. The number of carbonyl (C=O) groups excluding carboxylic acids is 2. The van der Waals surface area contributed by atoms with Gasteiger partial charge in [-0.1, -0.05) is 0 Å². The highest BCUT2D eigenvalue weighted by Gasteiger charge is 2.27. The third kappa shape index (κ3) is 3.14. The van der Waals surface area contributed by atoms with E-state index in [1.54, 1.807) is 11.1 Å². The maximum absolute atomic E-state index is 12.6. The summed E-state index contributed by atoms with van der Waals surface area (Å²) in [4.78, 5) is 44.0. The summed E-state index contributed by atoms with van der Waals surface area (Å²) in [5.74, 6) is 0.445. The molecule has 0 spiro atoms. The number of nitrogens with zero attached hydrogens (tertiary/aromatic N) is 6. The van der Waals surface area contributed by atoms with Crippen LogP contribution in [0, 0.1) is 6.92 Å². The van der Waals surface area contributed by atoms with Gasteiger partial charge < -0.3 is 15.5 Å². The lowest BCUT2D eigenvalue weighted by Gasteiger charge is -2.35. The summed E-state index contributed by atoms with van der Waals surface area (Å²) < 4.78 is 0. The first-order valence-corrected chi connectivity index (χ1v) is 7.51. The van der Waals surface area contributed by atoms with Gasteiger partial charge in [-0.25, -0.2) is 19.9 Å². The van der Waals surface area contributed by atoms with Crippen molar-refractivity contribution in [3.05, 3.63) is 41.9 Å². The summed E-state index contributed by atoms with van der Waals surface area (Å²) in [6.45, 7) is 4.10. The molecule has 1 saturated heterocycles. The van der Waals surface area contributed by atoms with Crippen LogP contribution in [0.3, 0.4) is 0 Å². The van der Waals surface area contributed by atoms with Crippen LogP contribution in [-0.4, -0.2) is 62.8 Å². The molecule has 124 valence electrons. The van der Waals surface area contributed by atoms with Gasteiger partial charge in [0.25, 0.3) is 11.8 Å². The van der Waals surface area contributed by atoms with Crippen molar-refractivity contribution < 1.29 is 9.59 Å². The second-order valence-electron chi connectivity index (χ2n) is 5.36. The summed E-state index contributed by atoms with van der Waals surface area (Å²) in [7, 11) is 0. The number of rotatable bonds is 3. The molecule has 2 N–H and O–H groups in total. The highest BCUT2D eigenvalue weighted by Crippen LogP contribution is 2.15. The molecule has 0 saturated carbocycles. The van der Waals surface area contributed by atoms with Crippen molar-refractivity contribution in [1.29, 1.82) is 0 Å². The average molecular weight is 327 g/mol. The quantitative estimate of drug-likeness (QED) is 0.817. The number of primary amides is 1. The fourth-order valence-corrected chi connectivity index (χ4v) is 2.58. The molecule has 3 rings (SSSR count). The normalized spacial score (nSPS) is 14.5. The van der Waals surface area contributed by atoms with Gasteiger partial charge in [-0.3, -0.25) is 9.59 Å². The zero-order chi connectivity index (χ0) is 17.1. The number of aromatic nitrogens is 4. The highest BCUT2D eigenvalue weighted by atomic mass is 16.2. The predicted octanol–water partition coefficient (Wildman–Crippen LogP) is -0.364. The number of hydrogen-bond acceptors (Lipinski definition) is 7. The molecule has 0 aromatic carbocycles. The smallest absolute Gasteiger partial charge is 0.275 e. The topological polar surface area (TPSA) is 118 Å². The zero-order valence-corrected chi connectivity index (χ0v) is 13.2. The van der Waals surface area contributed by atoms with Crippen LogP contribution in [0.2, 0.25) is 0 Å². The number of anilines is 1. The number of nitrogens with two attached hydrogens (primary N) is 1. The van der Waals surface area contributed by atoms with Gasteiger partial charge in [0.1, 0.15) is 11.6 Å². The molecule has 0 radical (unpaired) electrons. The molecule has 1 aliphatic heterocycles. The van der Waals surface area contributed by atoms with Crippen LogP contribution >= 0.6 is 0 Å². The van der Waals surface area contributed by atoms with E-state index in [4.69, 9.17) is 5.73 Å². The second kappa shape index (κ2) is 6.57. The Labute approximate surface area is 138 Å². The number of amides is 2. The molecule has 9 heteroatoms. The Hall–Kier alpha value is -3.10. The van der Waals surface area contributed by atoms with Crippen molar-refractivity contribution in [2.24, 2.45) is 5.73 Å². The minimum Gasteiger partial charge on any atom is -0.364 e. The van der Waals surface area contributed by atoms with Gasteiger partial charge in [0, 0.05) is 44.8 Å². The lowest BCUT2D eigenvalue weighted by atomic mass is 10.2. The van der Waals surface area contributed by atoms with Gasteiger partial charge in [0.15, 0.2) is 11.4 Å². The number of hydrogen-bond donors (Lipinski definition) is 1. The second-order valence-corrected chi connectivity index (χ2v) is 5.36. The molecule has 1 aliphatic rings. The lowest BCUT2D eigenvalue weighted by molar-refractivity contribution is 0.0734. The summed E-state index contributed by atoms with van der Waals surface area (Å²) in [5, 5.41) is 0. The molecule has 0 unspecified atom stereocenters. The van der Waals surface area contributed by atoms with E-state index in [0.717, 1.165) is 5.82 Å². The van der Waals surface area contributed by atoms with E-state index in [1.807, 2.05) is 13.0 Å². The summed E-state index contributed by atoms with van der Waals surface area (Å²) in [5.41, 5.74) is 5.16. The third-order valence-electron chi connectivity index (χ3n) is 3.79. The molecule has 9 nitrogen and oxygen atoms in total. The molecule has 24 heavy (non-hydrogen) atoms. The lowest BCUT2D eigenvalue weighted by Crippen LogP contribution is -2.49. The van der Waals surface area contributed by atoms with Crippen molar-refractivity contribution in [1.82, 2.24) is 24.8 Å². The molecule has 0 bridgehead atoms. The van der Waals surface area contributed by atoms with Gasteiger partial charge in [-0.2, -0.15) is 0 Å². The first-order valence-electron chi connectivity index (χ1n) is 7.51. The number of aryl methyl sites for hydroxylation is 1. The standard InChI is InChI=1S/C15H17N7O2/c1-10-17-3-2-11(20-10)21-6-8-22(9-7-21)15(24)13-12(14(16)23)18-4-5-19-13/h2-5H,6-9H2,1H3,(H2,16,23). The van der Waals surface area contributed by atoms with E-state index in [0.29, 0.717) is 32.0 Å². The van der Waals surface area contributed by atoms with Gasteiger partial charge in [-0.05, 0) is 13.0 Å². The minimum absolute atomic E-state index is 0.00340. The van der Waals surface area contributed by atoms with Gasteiger partial charge in [-0.15, -0.1) is 0 Å². The van der Waals surface area contributed by atoms with E-state index in [1.165, 1.54) is 12.4 Å². The fourth-order valence-electron chi connectivity index (χ4n) is 2.58. The van der Waals surface area contributed by atoms with Crippen LogP contribution in [0.25, 0.3) is 0 Å². The summed E-state index contributed by atoms with van der Waals surface area (Å²) in [6, 6.07) is 1.85. The zero-order valence-electron chi connectivity index (χ0n) is 13.2. The summed E-state index contributed by atoms with van der Waals surface area (Å²) in [6.07, 6.45) is 4.43. The van der Waals surface area contributed by atoms with E-state index < -0.39 is 5.91 Å². The number of carbonyl (C=O) groups is 2. The molecule has 0 aliphatic carbocycles. The molecule has 0 atom stereocenters. The van der Waals surface area contributed by atoms with Gasteiger partial charge in [0.05, 0.1) is 0 Å². The maximum Gasteiger partial charge on any atom is 0.275 e. The molecular weight excluding hydrogens is 310 g/mol. The van der Waals surface area contributed by atoms with Crippen molar-refractivity contribution in [3.8, 4) is 0 Å². The molecule has 2 aromatic heterocycles. The Bertz CT molecular complexity index is 772. The Morgan fingerprint density at radius 1 is 1.00 bits per heavy atom. The van der Waals surface area contributed by atoms with E-state index >= 15 is 0 Å². The maximum atomic E-state index is 12.6. The van der Waals surface area contributed by atoms with Crippen molar-refractivity contribution in [3.63, 3.8) is 0 Å². The number of piperazine rings is 1. The molecular formula is C15H17N7O2. The highest BCUT2D eigenvalue weighted by molar-refractivity contribution is 6.04. The largest absolute Gasteiger partial charge is 0.364 e. The van der Waals surface area contributed by atoms with Crippen LogP contribution in [-0.2, 0) is 0 Å². The molecule has 3 heterocycles. The third-order valence-corrected chi connectivity index (χ3v) is 3.79. The van der Waals surface area contributed by atoms with Crippen molar-refractivity contribution in [2.75, 3.05) is 31.1 Å². The van der Waals surface area contributed by atoms with Gasteiger partial charge >= 0.3 is 0 Å². The first-order chi connectivity index (χ1) is 11.6. The Kier molecular flexibility index (Phi) is 4.32. The molecule has 2 amide bonds. The van der Waals surface area contributed by atoms with E-state index in [9.17, 15) is 9.59 Å². The Balaban J connectivity index is 1.71. The van der Waals surface area contributed by atoms with E-state index in [2.05, 4.69) is 24.8 Å². The Morgan fingerprint density at radius 2 is 1.67 bits per heavy atom. The van der Waals surface area contributed by atoms with Crippen LogP contribution in [0.15, 0.2) is 24.7 Å². The minimum atomic E-state index is -0.762. The van der Waals surface area contributed by atoms with Crippen LogP contribution < -0.4 is 10.6 Å². The monoisotopic (exact) mass is 327 g/mol. The molecule has 2 aromatic rings. The first kappa shape index (κ1) is 15.8. The average Bonchev–Trinajstić information content (AvgIpc) is 2.61. The van der Waals surface area contributed by atoms with Crippen molar-refractivity contribution >= 4 is 17.6 Å². The molecule has 1 fully saturated rings. The summed E-state index contributed by atoms with van der Waals surface area (Å²) >= 11 is 0. The predicted molar refractivity (Wildman–Crippen MR) is 85.4 cm³/mol. The SMILES string of the molecule is Cc1nccc(N2CCN(C(=O)c3nccnc3C(N)=O)CC2)n1. The van der Waals surface area contributed by atoms with Crippen LogP contribution in [0.4, 0.5) is 5.82 Å². The van der Waals surface area contributed by atoms with Crippen LogP contribution in [0.1, 0.15) is 26.8 Å². The van der Waals surface area contributed by atoms with E-state index in [-0.39, 0.29) is 17.3 Å². The Morgan fingerprint density at radius 3 is 2.29 bits per heavy atom. The van der Waals surface area contributed by atoms with Gasteiger partial charge in [0.2, 0.25) is 0 Å².